The van der Waals surface area contributed by atoms with Crippen LogP contribution in [0.25, 0.3) is 10.9 Å². The minimum atomic E-state index is 0.304. The number of fused-ring (bicyclic) bond motifs is 1. The Morgan fingerprint density at radius 3 is 2.75 bits per heavy atom. The van der Waals surface area contributed by atoms with Crippen molar-refractivity contribution in [3.63, 3.8) is 0 Å². The maximum absolute atomic E-state index is 5.70. The summed E-state index contributed by atoms with van der Waals surface area (Å²) in [5, 5.41) is 1.35. The fourth-order valence-corrected chi connectivity index (χ4v) is 2.01. The Morgan fingerprint density at radius 2 is 1.92 bits per heavy atom. The number of nitrogens with zero attached hydrogens (tertiary/aromatic N) is 2. The largest absolute Gasteiger partial charge is 0.223 e. The highest BCUT2D eigenvalue weighted by Crippen LogP contribution is 2.18. The topological polar surface area (TPSA) is 25.8 Å². The number of rotatable bonds is 0. The van der Waals surface area contributed by atoms with E-state index in [-0.39, 0.29) is 0 Å². The van der Waals surface area contributed by atoms with Gasteiger partial charge in [0.05, 0.1) is 5.52 Å². The summed E-state index contributed by atoms with van der Waals surface area (Å²) in [6, 6.07) is 7.79. The molecule has 0 N–H and O–H groups in total. The van der Waals surface area contributed by atoms with Gasteiger partial charge < -0.3 is 0 Å². The van der Waals surface area contributed by atoms with Gasteiger partial charge in [-0.05, 0) is 40.3 Å². The predicted octanol–water partition coefficient (Wildman–Crippen LogP) is 2.89. The molecule has 4 heteroatoms. The van der Waals surface area contributed by atoms with Gasteiger partial charge in [0.2, 0.25) is 5.28 Å². The van der Waals surface area contributed by atoms with Gasteiger partial charge in [0.25, 0.3) is 0 Å². The van der Waals surface area contributed by atoms with E-state index in [0.29, 0.717) is 5.28 Å². The van der Waals surface area contributed by atoms with E-state index in [1.807, 2.05) is 24.3 Å². The lowest BCUT2D eigenvalue weighted by molar-refractivity contribution is 1.19. The molecule has 0 unspecified atom stereocenters. The van der Waals surface area contributed by atoms with Crippen molar-refractivity contribution in [3.8, 4) is 0 Å². The third-order valence-corrected chi connectivity index (χ3v) is 2.52. The summed E-state index contributed by atoms with van der Waals surface area (Å²) in [5.74, 6) is 0. The van der Waals surface area contributed by atoms with Crippen LogP contribution in [-0.2, 0) is 0 Å². The summed E-state index contributed by atoms with van der Waals surface area (Å²) in [7, 11) is 0. The predicted molar refractivity (Wildman–Crippen MR) is 57.3 cm³/mol. The summed E-state index contributed by atoms with van der Waals surface area (Å²) in [5.41, 5.74) is 0.891. The van der Waals surface area contributed by atoms with E-state index in [4.69, 9.17) is 11.6 Å². The van der Waals surface area contributed by atoms with E-state index in [0.717, 1.165) is 14.6 Å². The minimum Gasteiger partial charge on any atom is -0.218 e. The standard InChI is InChI=1S/C8H4ClIN2/c9-8-11-6-4-2-1-3-5(6)7(10)12-8/h1-4H. The first-order valence-electron chi connectivity index (χ1n) is 3.35. The Hall–Kier alpha value is -0.420. The molecule has 12 heavy (non-hydrogen) atoms. The van der Waals surface area contributed by atoms with E-state index in [1.54, 1.807) is 0 Å². The van der Waals surface area contributed by atoms with Gasteiger partial charge in [-0.2, -0.15) is 0 Å². The maximum atomic E-state index is 5.70. The molecule has 1 aromatic heterocycles. The molecule has 0 amide bonds. The van der Waals surface area contributed by atoms with Crippen LogP contribution in [0.2, 0.25) is 5.28 Å². The highest BCUT2D eigenvalue weighted by atomic mass is 127. The van der Waals surface area contributed by atoms with Crippen molar-refractivity contribution in [3.05, 3.63) is 33.2 Å². The van der Waals surface area contributed by atoms with Crippen LogP contribution in [0.15, 0.2) is 24.3 Å². The lowest BCUT2D eigenvalue weighted by atomic mass is 10.2. The molecular weight excluding hydrogens is 286 g/mol. The van der Waals surface area contributed by atoms with Gasteiger partial charge in [-0.25, -0.2) is 9.97 Å². The molecule has 60 valence electrons. The van der Waals surface area contributed by atoms with Crippen LogP contribution in [0.3, 0.4) is 0 Å². The number of hydrogen-bond donors (Lipinski definition) is 0. The summed E-state index contributed by atoms with van der Waals surface area (Å²) in [4.78, 5) is 8.13. The Morgan fingerprint density at radius 1 is 1.17 bits per heavy atom. The fraction of sp³-hybridized carbons (Fsp3) is 0. The van der Waals surface area contributed by atoms with E-state index < -0.39 is 0 Å². The SMILES string of the molecule is Clc1nc(I)c2ccccc2n1. The maximum Gasteiger partial charge on any atom is 0.223 e. The van der Waals surface area contributed by atoms with Crippen LogP contribution in [0.4, 0.5) is 0 Å². The monoisotopic (exact) mass is 290 g/mol. The minimum absolute atomic E-state index is 0.304. The smallest absolute Gasteiger partial charge is 0.218 e. The second kappa shape index (κ2) is 3.14. The Kier molecular flexibility index (Phi) is 2.14. The number of benzene rings is 1. The summed E-state index contributed by atoms with van der Waals surface area (Å²) in [6.45, 7) is 0. The molecule has 2 aromatic rings. The van der Waals surface area contributed by atoms with Crippen molar-refractivity contribution >= 4 is 45.1 Å². The average Bonchev–Trinajstić information content (AvgIpc) is 2.04. The molecule has 1 aromatic carbocycles. The number of halogens is 2. The van der Waals surface area contributed by atoms with Gasteiger partial charge in [0, 0.05) is 5.39 Å². The first-order valence-corrected chi connectivity index (χ1v) is 4.81. The fourth-order valence-electron chi connectivity index (χ4n) is 1.01. The Bertz CT molecular complexity index is 430. The molecule has 0 radical (unpaired) electrons. The molecule has 0 aliphatic carbocycles. The third kappa shape index (κ3) is 1.38. The Labute approximate surface area is 88.1 Å². The molecule has 0 atom stereocenters. The van der Waals surface area contributed by atoms with E-state index in [9.17, 15) is 0 Å². The molecule has 0 saturated heterocycles. The van der Waals surface area contributed by atoms with Crippen LogP contribution in [0, 0.1) is 3.70 Å². The van der Waals surface area contributed by atoms with Crippen LogP contribution in [-0.4, -0.2) is 9.97 Å². The molecule has 1 heterocycles. The van der Waals surface area contributed by atoms with Gasteiger partial charge >= 0.3 is 0 Å². The zero-order valence-electron chi connectivity index (χ0n) is 5.96. The van der Waals surface area contributed by atoms with Gasteiger partial charge in [-0.15, -0.1) is 0 Å². The molecular formula is C8H4ClIN2. The molecule has 2 rings (SSSR count). The molecule has 2 nitrogen and oxygen atoms in total. The first kappa shape index (κ1) is 8.19. The zero-order chi connectivity index (χ0) is 8.55. The second-order valence-electron chi connectivity index (χ2n) is 2.30. The highest BCUT2D eigenvalue weighted by Gasteiger charge is 2.01. The van der Waals surface area contributed by atoms with Crippen LogP contribution >= 0.6 is 34.2 Å². The molecule has 0 aliphatic heterocycles. The van der Waals surface area contributed by atoms with Crippen molar-refractivity contribution in [1.29, 1.82) is 0 Å². The quantitative estimate of drug-likeness (QED) is 0.423. The number of aromatic nitrogens is 2. The summed E-state index contributed by atoms with van der Waals surface area (Å²) in [6.07, 6.45) is 0. The third-order valence-electron chi connectivity index (χ3n) is 1.53. The Balaban J connectivity index is 2.89. The van der Waals surface area contributed by atoms with Gasteiger partial charge in [0.15, 0.2) is 0 Å². The summed E-state index contributed by atoms with van der Waals surface area (Å²) < 4.78 is 0.892. The lowest BCUT2D eigenvalue weighted by Crippen LogP contribution is -1.88. The van der Waals surface area contributed by atoms with Gasteiger partial charge in [0.1, 0.15) is 3.70 Å². The lowest BCUT2D eigenvalue weighted by Gasteiger charge is -1.98. The van der Waals surface area contributed by atoms with Crippen molar-refractivity contribution in [2.24, 2.45) is 0 Å². The van der Waals surface area contributed by atoms with E-state index in [2.05, 4.69) is 32.6 Å². The zero-order valence-corrected chi connectivity index (χ0v) is 8.87. The van der Waals surface area contributed by atoms with Crippen molar-refractivity contribution in [1.82, 2.24) is 9.97 Å². The summed E-state index contributed by atoms with van der Waals surface area (Å²) >= 11 is 7.85. The van der Waals surface area contributed by atoms with Gasteiger partial charge in [-0.3, -0.25) is 0 Å². The number of hydrogen-bond acceptors (Lipinski definition) is 2. The van der Waals surface area contributed by atoms with Crippen LogP contribution < -0.4 is 0 Å². The second-order valence-corrected chi connectivity index (χ2v) is 3.66. The molecule has 0 bridgehead atoms. The molecule has 0 spiro atoms. The van der Waals surface area contributed by atoms with Gasteiger partial charge in [-0.1, -0.05) is 18.2 Å². The molecule has 0 fully saturated rings. The van der Waals surface area contributed by atoms with Crippen molar-refractivity contribution in [2.45, 2.75) is 0 Å². The van der Waals surface area contributed by atoms with Crippen LogP contribution in [0.5, 0.6) is 0 Å². The molecule has 0 saturated carbocycles. The van der Waals surface area contributed by atoms with E-state index in [1.165, 1.54) is 0 Å². The normalized spacial score (nSPS) is 10.5. The molecule has 0 aliphatic rings. The highest BCUT2D eigenvalue weighted by molar-refractivity contribution is 14.1. The van der Waals surface area contributed by atoms with Crippen LogP contribution in [0.1, 0.15) is 0 Å². The van der Waals surface area contributed by atoms with E-state index >= 15 is 0 Å². The first-order chi connectivity index (χ1) is 5.77. The number of para-hydroxylation sites is 1. The average molecular weight is 290 g/mol. The van der Waals surface area contributed by atoms with Crippen molar-refractivity contribution < 1.29 is 0 Å². The van der Waals surface area contributed by atoms with Crippen molar-refractivity contribution in [2.75, 3.05) is 0 Å².